The van der Waals surface area contributed by atoms with Gasteiger partial charge in [-0.05, 0) is 29.7 Å². The topological polar surface area (TPSA) is 64.2 Å². The third kappa shape index (κ3) is 2.19. The fourth-order valence-corrected chi connectivity index (χ4v) is 2.42. The largest absolute Gasteiger partial charge is 0.399 e. The van der Waals surface area contributed by atoms with E-state index in [-0.39, 0.29) is 5.91 Å². The molecule has 0 saturated heterocycles. The molecule has 0 fully saturated rings. The minimum absolute atomic E-state index is 0.0752. The number of nitrogens with zero attached hydrogens (tertiary/aromatic N) is 3. The van der Waals surface area contributed by atoms with Crippen LogP contribution >= 0.6 is 0 Å². The summed E-state index contributed by atoms with van der Waals surface area (Å²) in [5, 5.41) is 4.13. The van der Waals surface area contributed by atoms with Crippen molar-refractivity contribution in [2.45, 2.75) is 13.0 Å². The summed E-state index contributed by atoms with van der Waals surface area (Å²) in [7, 11) is 1.89. The van der Waals surface area contributed by atoms with Gasteiger partial charge < -0.3 is 10.6 Å². The summed E-state index contributed by atoms with van der Waals surface area (Å²) >= 11 is 0. The Kier molecular flexibility index (Phi) is 2.74. The van der Waals surface area contributed by atoms with E-state index in [1.165, 1.54) is 0 Å². The molecule has 1 amide bonds. The van der Waals surface area contributed by atoms with Gasteiger partial charge in [0.25, 0.3) is 5.91 Å². The number of anilines is 1. The quantitative estimate of drug-likeness (QED) is 0.839. The molecular formula is C14H16N4O. The molecular weight excluding hydrogens is 240 g/mol. The van der Waals surface area contributed by atoms with E-state index in [0.717, 1.165) is 23.1 Å². The Morgan fingerprint density at radius 3 is 3.00 bits per heavy atom. The third-order valence-corrected chi connectivity index (χ3v) is 3.44. The SMILES string of the molecule is Cn1cc(CCN2Cc3ccc(N)cc3C2=O)cn1. The molecule has 1 aromatic carbocycles. The summed E-state index contributed by atoms with van der Waals surface area (Å²) < 4.78 is 1.77. The Morgan fingerprint density at radius 2 is 2.26 bits per heavy atom. The van der Waals surface area contributed by atoms with Crippen molar-refractivity contribution in [1.29, 1.82) is 0 Å². The van der Waals surface area contributed by atoms with Gasteiger partial charge in [-0.15, -0.1) is 0 Å². The molecule has 5 nitrogen and oxygen atoms in total. The zero-order valence-electron chi connectivity index (χ0n) is 10.8. The van der Waals surface area contributed by atoms with Crippen molar-refractivity contribution in [2.75, 3.05) is 12.3 Å². The molecule has 2 aromatic rings. The maximum atomic E-state index is 12.2. The second-order valence-corrected chi connectivity index (χ2v) is 4.92. The molecule has 0 atom stereocenters. The monoisotopic (exact) mass is 256 g/mol. The van der Waals surface area contributed by atoms with Crippen molar-refractivity contribution in [3.63, 3.8) is 0 Å². The second kappa shape index (κ2) is 4.42. The summed E-state index contributed by atoms with van der Waals surface area (Å²) in [4.78, 5) is 14.1. The number of carbonyl (C=O) groups excluding carboxylic acids is 1. The maximum absolute atomic E-state index is 12.2. The molecule has 1 aliphatic heterocycles. The maximum Gasteiger partial charge on any atom is 0.254 e. The van der Waals surface area contributed by atoms with Crippen LogP contribution in [0.5, 0.6) is 0 Å². The van der Waals surface area contributed by atoms with Crippen molar-refractivity contribution in [1.82, 2.24) is 14.7 Å². The van der Waals surface area contributed by atoms with Gasteiger partial charge in [0.05, 0.1) is 6.20 Å². The highest BCUT2D eigenvalue weighted by Gasteiger charge is 2.26. The molecule has 1 aromatic heterocycles. The molecule has 0 spiro atoms. The molecule has 0 bridgehead atoms. The fourth-order valence-electron chi connectivity index (χ4n) is 2.42. The van der Waals surface area contributed by atoms with Crippen molar-refractivity contribution in [2.24, 2.45) is 7.05 Å². The number of aryl methyl sites for hydroxylation is 1. The molecule has 5 heteroatoms. The summed E-state index contributed by atoms with van der Waals surface area (Å²) in [5.74, 6) is 0.0752. The van der Waals surface area contributed by atoms with E-state index in [9.17, 15) is 4.79 Å². The van der Waals surface area contributed by atoms with E-state index in [1.807, 2.05) is 36.5 Å². The molecule has 0 saturated carbocycles. The van der Waals surface area contributed by atoms with Gasteiger partial charge in [-0.25, -0.2) is 0 Å². The Labute approximate surface area is 111 Å². The smallest absolute Gasteiger partial charge is 0.254 e. The second-order valence-electron chi connectivity index (χ2n) is 4.92. The number of fused-ring (bicyclic) bond motifs is 1. The molecule has 0 radical (unpaired) electrons. The van der Waals surface area contributed by atoms with Gasteiger partial charge in [-0.1, -0.05) is 6.07 Å². The first-order valence-corrected chi connectivity index (χ1v) is 6.28. The predicted molar refractivity (Wildman–Crippen MR) is 72.5 cm³/mol. The number of nitrogens with two attached hydrogens (primary N) is 1. The standard InChI is InChI=1S/C14H16N4O/c1-17-8-10(7-16-17)4-5-18-9-11-2-3-12(15)6-13(11)14(18)19/h2-3,6-8H,4-5,9,15H2,1H3. The number of aromatic nitrogens is 2. The highest BCUT2D eigenvalue weighted by atomic mass is 16.2. The Balaban J connectivity index is 1.70. The van der Waals surface area contributed by atoms with Crippen LogP contribution in [0.2, 0.25) is 0 Å². The minimum atomic E-state index is 0.0752. The number of rotatable bonds is 3. The van der Waals surface area contributed by atoms with Gasteiger partial charge in [0.2, 0.25) is 0 Å². The average Bonchev–Trinajstić information content (AvgIpc) is 2.93. The number of hydrogen-bond donors (Lipinski definition) is 1. The predicted octanol–water partition coefficient (Wildman–Crippen LogP) is 1.20. The Morgan fingerprint density at radius 1 is 1.42 bits per heavy atom. The van der Waals surface area contributed by atoms with Gasteiger partial charge in [-0.3, -0.25) is 9.48 Å². The van der Waals surface area contributed by atoms with Gasteiger partial charge in [0.15, 0.2) is 0 Å². The summed E-state index contributed by atoms with van der Waals surface area (Å²) in [6, 6.07) is 5.55. The van der Waals surface area contributed by atoms with Crippen LogP contribution < -0.4 is 5.73 Å². The fraction of sp³-hybridized carbons (Fsp3) is 0.286. The van der Waals surface area contributed by atoms with Gasteiger partial charge >= 0.3 is 0 Å². The summed E-state index contributed by atoms with van der Waals surface area (Å²) in [6.45, 7) is 1.38. The van der Waals surface area contributed by atoms with Crippen LogP contribution in [-0.2, 0) is 20.0 Å². The lowest BCUT2D eigenvalue weighted by Crippen LogP contribution is -2.26. The molecule has 0 unspecified atom stereocenters. The summed E-state index contributed by atoms with van der Waals surface area (Å²) in [5.41, 5.74) is 9.31. The van der Waals surface area contributed by atoms with E-state index >= 15 is 0 Å². The zero-order chi connectivity index (χ0) is 13.4. The van der Waals surface area contributed by atoms with E-state index in [1.54, 1.807) is 10.7 Å². The highest BCUT2D eigenvalue weighted by molar-refractivity contribution is 5.99. The third-order valence-electron chi connectivity index (χ3n) is 3.44. The van der Waals surface area contributed by atoms with Crippen LogP contribution in [0, 0.1) is 0 Å². The van der Waals surface area contributed by atoms with Gasteiger partial charge in [0.1, 0.15) is 0 Å². The van der Waals surface area contributed by atoms with Crippen LogP contribution in [0.4, 0.5) is 5.69 Å². The van der Waals surface area contributed by atoms with Crippen LogP contribution in [-0.4, -0.2) is 27.1 Å². The Hall–Kier alpha value is -2.30. The number of benzene rings is 1. The molecule has 98 valence electrons. The van der Waals surface area contributed by atoms with Gasteiger partial charge in [-0.2, -0.15) is 5.10 Å². The molecule has 1 aliphatic rings. The molecule has 19 heavy (non-hydrogen) atoms. The number of hydrogen-bond acceptors (Lipinski definition) is 3. The molecule has 0 aliphatic carbocycles. The lowest BCUT2D eigenvalue weighted by molar-refractivity contribution is 0.0780. The summed E-state index contributed by atoms with van der Waals surface area (Å²) in [6.07, 6.45) is 4.64. The van der Waals surface area contributed by atoms with Crippen LogP contribution in [0.15, 0.2) is 30.6 Å². The molecule has 2 N–H and O–H groups in total. The lowest BCUT2D eigenvalue weighted by Gasteiger charge is -2.14. The van der Waals surface area contributed by atoms with E-state index in [2.05, 4.69) is 5.10 Å². The van der Waals surface area contributed by atoms with E-state index in [0.29, 0.717) is 18.8 Å². The zero-order valence-corrected chi connectivity index (χ0v) is 10.8. The normalized spacial score (nSPS) is 13.9. The highest BCUT2D eigenvalue weighted by Crippen LogP contribution is 2.24. The molecule has 2 heterocycles. The van der Waals surface area contributed by atoms with Crippen molar-refractivity contribution >= 4 is 11.6 Å². The average molecular weight is 256 g/mol. The number of carbonyl (C=O) groups is 1. The first kappa shape index (κ1) is 11.8. The van der Waals surface area contributed by atoms with Gasteiger partial charge in [0, 0.05) is 37.6 Å². The van der Waals surface area contributed by atoms with Crippen LogP contribution in [0.3, 0.4) is 0 Å². The first-order valence-electron chi connectivity index (χ1n) is 6.28. The first-order chi connectivity index (χ1) is 9.13. The van der Waals surface area contributed by atoms with Crippen molar-refractivity contribution in [3.8, 4) is 0 Å². The minimum Gasteiger partial charge on any atom is -0.399 e. The van der Waals surface area contributed by atoms with Crippen LogP contribution in [0.25, 0.3) is 0 Å². The molecule has 3 rings (SSSR count). The van der Waals surface area contributed by atoms with Crippen molar-refractivity contribution < 1.29 is 4.79 Å². The lowest BCUT2D eigenvalue weighted by atomic mass is 10.1. The van der Waals surface area contributed by atoms with Crippen molar-refractivity contribution in [3.05, 3.63) is 47.3 Å². The van der Waals surface area contributed by atoms with E-state index < -0.39 is 0 Å². The number of nitrogen functional groups attached to an aromatic ring is 1. The number of amides is 1. The Bertz CT molecular complexity index is 632. The van der Waals surface area contributed by atoms with E-state index in [4.69, 9.17) is 5.73 Å². The van der Waals surface area contributed by atoms with Crippen LogP contribution in [0.1, 0.15) is 21.5 Å².